The minimum atomic E-state index is -0.644. The number of nitrogens with one attached hydrogen (secondary N) is 2. The number of methoxy groups -OCH3 is 1. The van der Waals surface area contributed by atoms with Crippen molar-refractivity contribution < 1.29 is 19.1 Å². The van der Waals surface area contributed by atoms with Crippen molar-refractivity contribution in [2.45, 2.75) is 26.3 Å². The fourth-order valence-electron chi connectivity index (χ4n) is 2.71. The third-order valence-electron chi connectivity index (χ3n) is 4.62. The molecule has 156 valence electrons. The van der Waals surface area contributed by atoms with Crippen molar-refractivity contribution in [3.63, 3.8) is 0 Å². The van der Waals surface area contributed by atoms with Gasteiger partial charge in [-0.2, -0.15) is 0 Å². The first-order chi connectivity index (χ1) is 14.0. The first kappa shape index (κ1) is 22.6. The van der Waals surface area contributed by atoms with Crippen LogP contribution in [0.3, 0.4) is 0 Å². The van der Waals surface area contributed by atoms with Crippen LogP contribution < -0.4 is 20.1 Å². The number of carbonyl (C=O) groups is 2. The Morgan fingerprint density at radius 2 is 1.72 bits per heavy atom. The van der Waals surface area contributed by atoms with E-state index in [4.69, 9.17) is 21.1 Å². The van der Waals surface area contributed by atoms with Gasteiger partial charge in [0.15, 0.2) is 11.5 Å². The summed E-state index contributed by atoms with van der Waals surface area (Å²) in [5, 5.41) is 6.21. The number of amides is 2. The number of carbonyl (C=O) groups excluding carboxylic acids is 2. The Kier molecular flexibility index (Phi) is 8.80. The molecule has 0 saturated heterocycles. The summed E-state index contributed by atoms with van der Waals surface area (Å²) in [6, 6.07) is 13.2. The summed E-state index contributed by atoms with van der Waals surface area (Å²) in [6.07, 6.45) is 0.747. The number of hydrogen-bond donors (Lipinski definition) is 2. The van der Waals surface area contributed by atoms with E-state index in [1.165, 1.54) is 0 Å². The molecule has 0 bridgehead atoms. The van der Waals surface area contributed by atoms with Gasteiger partial charge in [0.1, 0.15) is 12.6 Å². The van der Waals surface area contributed by atoms with Crippen LogP contribution in [0.5, 0.6) is 11.5 Å². The third kappa shape index (κ3) is 6.68. The highest BCUT2D eigenvalue weighted by atomic mass is 35.5. The van der Waals surface area contributed by atoms with E-state index >= 15 is 0 Å². The van der Waals surface area contributed by atoms with E-state index in [0.29, 0.717) is 28.6 Å². The summed E-state index contributed by atoms with van der Waals surface area (Å²) >= 11 is 5.86. The molecule has 0 aliphatic rings. The van der Waals surface area contributed by atoms with Gasteiger partial charge in [-0.15, -0.1) is 0 Å². The Labute approximate surface area is 176 Å². The minimum Gasteiger partial charge on any atom is -0.493 e. The zero-order chi connectivity index (χ0) is 21.2. The van der Waals surface area contributed by atoms with Crippen molar-refractivity contribution in [2.75, 3.05) is 20.3 Å². The van der Waals surface area contributed by atoms with E-state index in [9.17, 15) is 9.59 Å². The summed E-state index contributed by atoms with van der Waals surface area (Å²) in [6.45, 7) is 4.49. The molecule has 0 fully saturated rings. The lowest BCUT2D eigenvalue weighted by atomic mass is 9.98. The van der Waals surface area contributed by atoms with Gasteiger partial charge in [0.05, 0.1) is 13.7 Å². The van der Waals surface area contributed by atoms with Crippen LogP contribution in [0.25, 0.3) is 0 Å². The largest absolute Gasteiger partial charge is 0.493 e. The van der Waals surface area contributed by atoms with Gasteiger partial charge in [-0.3, -0.25) is 9.59 Å². The quantitative estimate of drug-likeness (QED) is 0.577. The third-order valence-corrected chi connectivity index (χ3v) is 4.87. The van der Waals surface area contributed by atoms with E-state index < -0.39 is 6.04 Å². The Morgan fingerprint density at radius 3 is 2.34 bits per heavy atom. The predicted octanol–water partition coefficient (Wildman–Crippen LogP) is 3.69. The monoisotopic (exact) mass is 418 g/mol. The maximum absolute atomic E-state index is 12.7. The van der Waals surface area contributed by atoms with Crippen LogP contribution in [0.2, 0.25) is 5.02 Å². The van der Waals surface area contributed by atoms with Gasteiger partial charge in [0.25, 0.3) is 5.91 Å². The van der Waals surface area contributed by atoms with Crippen LogP contribution in [-0.4, -0.2) is 38.1 Å². The standard InChI is InChI=1S/C22H27ClN2O4/c1-4-15(2)20(25-21(26)16-9-11-17(23)12-10-16)22(27)24-13-14-29-19-8-6-5-7-18(19)28-3/h5-12,15,20H,4,13-14H2,1-3H3,(H,24,27)(H,25,26). The van der Waals surface area contributed by atoms with Gasteiger partial charge < -0.3 is 20.1 Å². The second-order valence-corrected chi connectivity index (χ2v) is 7.07. The van der Waals surface area contributed by atoms with Crippen molar-refractivity contribution in [1.82, 2.24) is 10.6 Å². The lowest BCUT2D eigenvalue weighted by molar-refractivity contribution is -0.124. The number of para-hydroxylation sites is 2. The molecule has 0 aliphatic heterocycles. The van der Waals surface area contributed by atoms with Gasteiger partial charge in [-0.25, -0.2) is 0 Å². The molecule has 2 rings (SSSR count). The summed E-state index contributed by atoms with van der Waals surface area (Å²) in [4.78, 5) is 25.2. The second-order valence-electron chi connectivity index (χ2n) is 6.63. The molecule has 0 aliphatic carbocycles. The normalized spacial score (nSPS) is 12.6. The molecule has 0 saturated carbocycles. The Morgan fingerprint density at radius 1 is 1.07 bits per heavy atom. The van der Waals surface area contributed by atoms with Crippen molar-refractivity contribution in [1.29, 1.82) is 0 Å². The van der Waals surface area contributed by atoms with Crippen LogP contribution in [0.4, 0.5) is 0 Å². The molecule has 2 amide bonds. The lowest BCUT2D eigenvalue weighted by Crippen LogP contribution is -2.50. The van der Waals surface area contributed by atoms with Gasteiger partial charge in [-0.05, 0) is 42.3 Å². The van der Waals surface area contributed by atoms with Crippen LogP contribution in [0.1, 0.15) is 30.6 Å². The molecule has 2 N–H and O–H groups in total. The number of halogens is 1. The topological polar surface area (TPSA) is 76.7 Å². The molecule has 0 aromatic heterocycles. The number of ether oxygens (including phenoxy) is 2. The molecule has 0 spiro atoms. The molecule has 2 atom stereocenters. The number of rotatable bonds is 10. The molecule has 2 aromatic carbocycles. The van der Waals surface area contributed by atoms with Gasteiger partial charge in [-0.1, -0.05) is 44.0 Å². The molecule has 29 heavy (non-hydrogen) atoms. The Bertz CT molecular complexity index is 811. The minimum absolute atomic E-state index is 0.0265. The average molecular weight is 419 g/mol. The van der Waals surface area contributed by atoms with E-state index in [0.717, 1.165) is 6.42 Å². The summed E-state index contributed by atoms with van der Waals surface area (Å²) in [5.74, 6) is 0.657. The second kappa shape index (κ2) is 11.3. The fourth-order valence-corrected chi connectivity index (χ4v) is 2.84. The SMILES string of the molecule is CCC(C)C(NC(=O)c1ccc(Cl)cc1)C(=O)NCCOc1ccccc1OC. The molecule has 2 unspecified atom stereocenters. The zero-order valence-corrected chi connectivity index (χ0v) is 17.7. The molecule has 6 nitrogen and oxygen atoms in total. The average Bonchev–Trinajstić information content (AvgIpc) is 2.74. The zero-order valence-electron chi connectivity index (χ0n) is 16.9. The lowest BCUT2D eigenvalue weighted by Gasteiger charge is -2.23. The highest BCUT2D eigenvalue weighted by Crippen LogP contribution is 2.25. The Hall–Kier alpha value is -2.73. The molecule has 7 heteroatoms. The molecule has 0 radical (unpaired) electrons. The molecular formula is C22H27ClN2O4. The van der Waals surface area contributed by atoms with Gasteiger partial charge >= 0.3 is 0 Å². The molecular weight excluding hydrogens is 392 g/mol. The number of hydrogen-bond acceptors (Lipinski definition) is 4. The first-order valence-corrected chi connectivity index (χ1v) is 9.94. The van der Waals surface area contributed by atoms with Gasteiger partial charge in [0.2, 0.25) is 5.91 Å². The van der Waals surface area contributed by atoms with Crippen LogP contribution in [0, 0.1) is 5.92 Å². The fraction of sp³-hybridized carbons (Fsp3) is 0.364. The smallest absolute Gasteiger partial charge is 0.251 e. The Balaban J connectivity index is 1.91. The van der Waals surface area contributed by atoms with Gasteiger partial charge in [0, 0.05) is 10.6 Å². The highest BCUT2D eigenvalue weighted by Gasteiger charge is 2.26. The molecule has 0 heterocycles. The predicted molar refractivity (Wildman–Crippen MR) is 114 cm³/mol. The van der Waals surface area contributed by atoms with Crippen molar-refractivity contribution in [3.8, 4) is 11.5 Å². The van der Waals surface area contributed by atoms with E-state index in [1.807, 2.05) is 26.0 Å². The maximum Gasteiger partial charge on any atom is 0.251 e. The summed E-state index contributed by atoms with van der Waals surface area (Å²) in [5.41, 5.74) is 0.454. The van der Waals surface area contributed by atoms with Crippen LogP contribution in [-0.2, 0) is 4.79 Å². The maximum atomic E-state index is 12.7. The first-order valence-electron chi connectivity index (χ1n) is 9.56. The van der Waals surface area contributed by atoms with Crippen molar-refractivity contribution in [2.24, 2.45) is 5.92 Å². The van der Waals surface area contributed by atoms with E-state index in [2.05, 4.69) is 10.6 Å². The summed E-state index contributed by atoms with van der Waals surface area (Å²) < 4.78 is 10.9. The van der Waals surface area contributed by atoms with E-state index in [1.54, 1.807) is 43.5 Å². The van der Waals surface area contributed by atoms with Crippen LogP contribution >= 0.6 is 11.6 Å². The van der Waals surface area contributed by atoms with Crippen LogP contribution in [0.15, 0.2) is 48.5 Å². The van der Waals surface area contributed by atoms with E-state index in [-0.39, 0.29) is 24.3 Å². The van der Waals surface area contributed by atoms with Crippen molar-refractivity contribution >= 4 is 23.4 Å². The molecule has 2 aromatic rings. The van der Waals surface area contributed by atoms with Crippen molar-refractivity contribution in [3.05, 3.63) is 59.1 Å². The number of benzene rings is 2. The highest BCUT2D eigenvalue weighted by molar-refractivity contribution is 6.30. The summed E-state index contributed by atoms with van der Waals surface area (Å²) in [7, 11) is 1.57.